The van der Waals surface area contributed by atoms with Crippen LogP contribution in [0.3, 0.4) is 0 Å². The van der Waals surface area contributed by atoms with Gasteiger partial charge in [0.2, 0.25) is 0 Å². The smallest absolute Gasteiger partial charge is 0.185 e. The van der Waals surface area contributed by atoms with Crippen molar-refractivity contribution in [2.45, 2.75) is 19.8 Å². The molecule has 0 atom stereocenters. The fraction of sp³-hybridized carbons (Fsp3) is 0.556. The fourth-order valence-corrected chi connectivity index (χ4v) is 2.24. The Morgan fingerprint density at radius 3 is 3.00 bits per heavy atom. The van der Waals surface area contributed by atoms with Gasteiger partial charge in [-0.15, -0.1) is 0 Å². The van der Waals surface area contributed by atoms with Crippen LogP contribution in [-0.2, 0) is 0 Å². The first-order chi connectivity index (χ1) is 6.72. The molecule has 1 aliphatic carbocycles. The summed E-state index contributed by atoms with van der Waals surface area (Å²) in [6.07, 6.45) is 2.01. The second-order valence-electron chi connectivity index (χ2n) is 3.40. The largest absolute Gasteiger partial charge is 0.382 e. The standard InChI is InChI=1S/C9H13N3OS/c1-2-11-9-12-8(10)7(14-9)6(13)5-3-4-5/h5H,2-4,10H2,1H3,(H,11,12). The van der Waals surface area contributed by atoms with E-state index in [1.165, 1.54) is 11.3 Å². The predicted molar refractivity (Wildman–Crippen MR) is 57.7 cm³/mol. The zero-order chi connectivity index (χ0) is 10.1. The van der Waals surface area contributed by atoms with Crippen molar-refractivity contribution in [2.24, 2.45) is 5.92 Å². The predicted octanol–water partition coefficient (Wildman–Crippen LogP) is 1.75. The molecule has 14 heavy (non-hydrogen) atoms. The van der Waals surface area contributed by atoms with Crippen molar-refractivity contribution in [2.75, 3.05) is 17.6 Å². The summed E-state index contributed by atoms with van der Waals surface area (Å²) in [5, 5.41) is 3.80. The van der Waals surface area contributed by atoms with E-state index >= 15 is 0 Å². The average molecular weight is 211 g/mol. The monoisotopic (exact) mass is 211 g/mol. The topological polar surface area (TPSA) is 68.0 Å². The molecule has 4 nitrogen and oxygen atoms in total. The highest BCUT2D eigenvalue weighted by Gasteiger charge is 2.33. The summed E-state index contributed by atoms with van der Waals surface area (Å²) in [6.45, 7) is 2.78. The summed E-state index contributed by atoms with van der Waals surface area (Å²) in [5.41, 5.74) is 5.68. The molecule has 0 saturated heterocycles. The highest BCUT2D eigenvalue weighted by Crippen LogP contribution is 2.37. The number of anilines is 2. The van der Waals surface area contributed by atoms with Crippen molar-refractivity contribution >= 4 is 28.1 Å². The lowest BCUT2D eigenvalue weighted by Gasteiger charge is -1.93. The Labute approximate surface area is 86.5 Å². The second-order valence-corrected chi connectivity index (χ2v) is 4.40. The van der Waals surface area contributed by atoms with E-state index in [0.717, 1.165) is 24.5 Å². The molecule has 0 aromatic carbocycles. The molecular formula is C9H13N3OS. The molecule has 3 N–H and O–H groups in total. The number of nitrogen functional groups attached to an aromatic ring is 1. The molecule has 76 valence electrons. The number of nitrogens with two attached hydrogens (primary N) is 1. The molecule has 1 fully saturated rings. The molecule has 1 heterocycles. The maximum absolute atomic E-state index is 11.7. The minimum atomic E-state index is 0.171. The zero-order valence-corrected chi connectivity index (χ0v) is 8.86. The van der Waals surface area contributed by atoms with Crippen LogP contribution >= 0.6 is 11.3 Å². The number of carbonyl (C=O) groups is 1. The van der Waals surface area contributed by atoms with Gasteiger partial charge in [0.25, 0.3) is 0 Å². The van der Waals surface area contributed by atoms with E-state index in [2.05, 4.69) is 10.3 Å². The van der Waals surface area contributed by atoms with Crippen LogP contribution in [-0.4, -0.2) is 17.3 Å². The number of Topliss-reactive ketones (excluding diaryl/α,β-unsaturated/α-hetero) is 1. The lowest BCUT2D eigenvalue weighted by Crippen LogP contribution is -2.02. The van der Waals surface area contributed by atoms with E-state index in [1.807, 2.05) is 6.92 Å². The van der Waals surface area contributed by atoms with E-state index in [1.54, 1.807) is 0 Å². The first kappa shape index (κ1) is 9.45. The molecule has 0 spiro atoms. The number of carbonyl (C=O) groups excluding carboxylic acids is 1. The van der Waals surface area contributed by atoms with Crippen LogP contribution in [0.15, 0.2) is 0 Å². The average Bonchev–Trinajstić information content (AvgIpc) is 2.91. The molecule has 0 amide bonds. The number of ketones is 1. The number of rotatable bonds is 4. The summed E-state index contributed by atoms with van der Waals surface area (Å²) >= 11 is 1.36. The summed E-state index contributed by atoms with van der Waals surface area (Å²) in [4.78, 5) is 16.4. The Morgan fingerprint density at radius 1 is 1.71 bits per heavy atom. The van der Waals surface area contributed by atoms with Gasteiger partial charge in [-0.25, -0.2) is 4.98 Å². The molecule has 1 aromatic heterocycles. The van der Waals surface area contributed by atoms with Crippen molar-refractivity contribution in [3.8, 4) is 0 Å². The summed E-state index contributed by atoms with van der Waals surface area (Å²) in [5.74, 6) is 0.763. The third-order valence-corrected chi connectivity index (χ3v) is 3.20. The lowest BCUT2D eigenvalue weighted by molar-refractivity contribution is 0.0972. The molecular weight excluding hydrogens is 198 g/mol. The lowest BCUT2D eigenvalue weighted by atomic mass is 10.2. The highest BCUT2D eigenvalue weighted by atomic mass is 32.1. The van der Waals surface area contributed by atoms with E-state index < -0.39 is 0 Å². The van der Waals surface area contributed by atoms with E-state index in [4.69, 9.17) is 5.73 Å². The number of hydrogen-bond acceptors (Lipinski definition) is 5. The van der Waals surface area contributed by atoms with Gasteiger partial charge in [-0.2, -0.15) is 0 Å². The van der Waals surface area contributed by atoms with Crippen LogP contribution in [0.25, 0.3) is 0 Å². The van der Waals surface area contributed by atoms with Crippen LogP contribution in [0.4, 0.5) is 10.9 Å². The summed E-state index contributed by atoms with van der Waals surface area (Å²) < 4.78 is 0. The number of nitrogens with zero attached hydrogens (tertiary/aromatic N) is 1. The van der Waals surface area contributed by atoms with Crippen LogP contribution in [0.5, 0.6) is 0 Å². The van der Waals surface area contributed by atoms with Crippen LogP contribution in [0.2, 0.25) is 0 Å². The van der Waals surface area contributed by atoms with Crippen LogP contribution in [0, 0.1) is 5.92 Å². The fourth-order valence-electron chi connectivity index (χ4n) is 1.27. The highest BCUT2D eigenvalue weighted by molar-refractivity contribution is 7.18. The third kappa shape index (κ3) is 1.72. The molecule has 0 aliphatic heterocycles. The molecule has 0 radical (unpaired) electrons. The van der Waals surface area contributed by atoms with Crippen molar-refractivity contribution < 1.29 is 4.79 Å². The number of thiazole rings is 1. The maximum Gasteiger partial charge on any atom is 0.185 e. The molecule has 5 heteroatoms. The zero-order valence-electron chi connectivity index (χ0n) is 8.04. The van der Waals surface area contributed by atoms with Crippen molar-refractivity contribution in [1.29, 1.82) is 0 Å². The second kappa shape index (κ2) is 3.57. The Bertz CT molecular complexity index is 357. The van der Waals surface area contributed by atoms with Gasteiger partial charge in [0.05, 0.1) is 0 Å². The van der Waals surface area contributed by atoms with Crippen LogP contribution < -0.4 is 11.1 Å². The van der Waals surface area contributed by atoms with Gasteiger partial charge in [-0.1, -0.05) is 11.3 Å². The first-order valence-corrected chi connectivity index (χ1v) is 5.58. The minimum absolute atomic E-state index is 0.171. The Morgan fingerprint density at radius 2 is 2.43 bits per heavy atom. The van der Waals surface area contributed by atoms with Crippen molar-refractivity contribution in [1.82, 2.24) is 4.98 Å². The SMILES string of the molecule is CCNc1nc(N)c(C(=O)C2CC2)s1. The summed E-state index contributed by atoms with van der Waals surface area (Å²) in [7, 11) is 0. The summed E-state index contributed by atoms with van der Waals surface area (Å²) in [6, 6.07) is 0. The maximum atomic E-state index is 11.7. The quantitative estimate of drug-likeness (QED) is 0.744. The van der Waals surface area contributed by atoms with Gasteiger partial charge in [0.1, 0.15) is 10.7 Å². The molecule has 1 aliphatic rings. The Kier molecular flexibility index (Phi) is 2.41. The molecule has 1 saturated carbocycles. The number of aromatic nitrogens is 1. The van der Waals surface area contributed by atoms with Crippen LogP contribution in [0.1, 0.15) is 29.4 Å². The van der Waals surface area contributed by atoms with Crippen molar-refractivity contribution in [3.63, 3.8) is 0 Å². The molecule has 2 rings (SSSR count). The molecule has 1 aromatic rings. The Balaban J connectivity index is 2.19. The molecule has 0 unspecified atom stereocenters. The van der Waals surface area contributed by atoms with Gasteiger partial charge in [-0.3, -0.25) is 4.79 Å². The van der Waals surface area contributed by atoms with Gasteiger partial charge in [-0.05, 0) is 19.8 Å². The first-order valence-electron chi connectivity index (χ1n) is 4.76. The number of hydrogen-bond donors (Lipinski definition) is 2. The molecule has 0 bridgehead atoms. The van der Waals surface area contributed by atoms with Crippen molar-refractivity contribution in [3.05, 3.63) is 4.88 Å². The Hall–Kier alpha value is -1.10. The van der Waals surface area contributed by atoms with Gasteiger partial charge >= 0.3 is 0 Å². The van der Waals surface area contributed by atoms with E-state index in [0.29, 0.717) is 10.7 Å². The van der Waals surface area contributed by atoms with Gasteiger partial charge in [0.15, 0.2) is 10.9 Å². The van der Waals surface area contributed by atoms with Gasteiger partial charge in [0, 0.05) is 12.5 Å². The van der Waals surface area contributed by atoms with Gasteiger partial charge < -0.3 is 11.1 Å². The third-order valence-electron chi connectivity index (χ3n) is 2.15. The number of nitrogens with one attached hydrogen (secondary N) is 1. The normalized spacial score (nSPS) is 15.5. The van der Waals surface area contributed by atoms with E-state index in [9.17, 15) is 4.79 Å². The minimum Gasteiger partial charge on any atom is -0.382 e. The van der Waals surface area contributed by atoms with E-state index in [-0.39, 0.29) is 11.7 Å².